The molecule has 0 aliphatic heterocycles. The Morgan fingerprint density at radius 2 is 1.92 bits per heavy atom. The number of aromatic nitrogens is 2. The van der Waals surface area contributed by atoms with Crippen LogP contribution in [0.15, 0.2) is 68.7 Å². The van der Waals surface area contributed by atoms with Crippen molar-refractivity contribution >= 4 is 27.5 Å². The molecule has 0 unspecified atom stereocenters. The van der Waals surface area contributed by atoms with Crippen LogP contribution in [0.3, 0.4) is 0 Å². The van der Waals surface area contributed by atoms with Crippen LogP contribution in [0, 0.1) is 34.3 Å². The number of aliphatic hydroxyl groups is 2. The van der Waals surface area contributed by atoms with Crippen molar-refractivity contribution in [3.8, 4) is 5.88 Å². The van der Waals surface area contributed by atoms with Gasteiger partial charge in [-0.1, -0.05) is 51.6 Å². The predicted molar refractivity (Wildman–Crippen MR) is 171 cm³/mol. The van der Waals surface area contributed by atoms with Crippen LogP contribution >= 0.6 is 0 Å². The number of hydrogen-bond acceptors (Lipinski definition) is 12. The summed E-state index contributed by atoms with van der Waals surface area (Å²) in [6.45, 7) is 11.4. The van der Waals surface area contributed by atoms with Gasteiger partial charge in [-0.3, -0.25) is 19.0 Å². The van der Waals surface area contributed by atoms with Crippen LogP contribution in [0.4, 0.5) is 0 Å². The van der Waals surface area contributed by atoms with Crippen molar-refractivity contribution < 1.29 is 52.0 Å². The number of aliphatic hydroxyl groups excluding tert-OH is 1. The monoisotopic (exact) mass is 701 g/mol. The molecule has 15 heteroatoms. The third-order valence-electron chi connectivity index (χ3n) is 10.3. The van der Waals surface area contributed by atoms with Gasteiger partial charge >= 0.3 is 16.9 Å². The SMILES string of the molecule is C=C1CC[C@H]2[C@@H](/C=C(\C)C(=O)[C@@]3(O)C[C@H](C)[C@H](O)[C@@H]3[C@H]1OC(=O)CCC(=O)NCCOc1no[n+]([O-])c1S(=O)(=O)c1ccccc1)C2(C)C. The van der Waals surface area contributed by atoms with Gasteiger partial charge < -0.3 is 30.2 Å². The number of ether oxygens (including phenoxy) is 2. The number of ketones is 1. The first-order valence-electron chi connectivity index (χ1n) is 16.3. The van der Waals surface area contributed by atoms with Crippen LogP contribution in [-0.2, 0) is 29.0 Å². The highest BCUT2D eigenvalue weighted by Crippen LogP contribution is 2.62. The Bertz CT molecular complexity index is 1750. The molecule has 1 heterocycles. The Morgan fingerprint density at radius 1 is 1.22 bits per heavy atom. The van der Waals surface area contributed by atoms with Crippen LogP contribution in [0.2, 0.25) is 0 Å². The molecule has 3 N–H and O–H groups in total. The third kappa shape index (κ3) is 7.01. The second-order valence-corrected chi connectivity index (χ2v) is 15.8. The molecule has 3 aliphatic rings. The number of sulfone groups is 1. The van der Waals surface area contributed by atoms with Gasteiger partial charge in [0.1, 0.15) is 18.3 Å². The molecule has 2 aromatic rings. The molecule has 266 valence electrons. The molecule has 3 aliphatic carbocycles. The average molecular weight is 702 g/mol. The Morgan fingerprint density at radius 3 is 2.61 bits per heavy atom. The van der Waals surface area contributed by atoms with Gasteiger partial charge in [0.15, 0.2) is 5.78 Å². The van der Waals surface area contributed by atoms with Gasteiger partial charge in [0.25, 0.3) is 9.84 Å². The lowest BCUT2D eigenvalue weighted by Crippen LogP contribution is -2.52. The number of fused-ring (bicyclic) bond motifs is 2. The van der Waals surface area contributed by atoms with E-state index in [2.05, 4.69) is 35.5 Å². The van der Waals surface area contributed by atoms with Gasteiger partial charge in [-0.2, -0.15) is 0 Å². The molecule has 0 radical (unpaired) electrons. The maximum atomic E-state index is 13.7. The van der Waals surface area contributed by atoms with Gasteiger partial charge in [-0.15, -0.1) is 0 Å². The molecule has 0 spiro atoms. The smallest absolute Gasteiger partial charge is 0.415 e. The van der Waals surface area contributed by atoms with Crippen molar-refractivity contribution in [1.82, 2.24) is 10.5 Å². The molecule has 49 heavy (non-hydrogen) atoms. The van der Waals surface area contributed by atoms with E-state index < -0.39 is 68.0 Å². The lowest BCUT2D eigenvalue weighted by Gasteiger charge is -2.36. The summed E-state index contributed by atoms with van der Waals surface area (Å²) >= 11 is 0. The fourth-order valence-corrected chi connectivity index (χ4v) is 8.68. The van der Waals surface area contributed by atoms with E-state index in [0.717, 1.165) is 6.42 Å². The van der Waals surface area contributed by atoms with Crippen molar-refractivity contribution in [2.24, 2.45) is 29.1 Å². The number of allylic oxidation sites excluding steroid dienone is 1. The number of carbonyl (C=O) groups is 3. The van der Waals surface area contributed by atoms with Crippen molar-refractivity contribution in [2.45, 2.75) is 87.5 Å². The van der Waals surface area contributed by atoms with E-state index in [4.69, 9.17) is 9.47 Å². The number of amides is 1. The predicted octanol–water partition coefficient (Wildman–Crippen LogP) is 2.21. The quantitative estimate of drug-likeness (QED) is 0.141. The molecule has 0 bridgehead atoms. The zero-order valence-electron chi connectivity index (χ0n) is 28.0. The number of esters is 1. The number of carbonyl (C=O) groups excluding carboxylic acids is 3. The number of nitrogens with one attached hydrogen (secondary N) is 1. The molecule has 14 nitrogen and oxygen atoms in total. The Labute approximate surface area is 284 Å². The van der Waals surface area contributed by atoms with Gasteiger partial charge in [0.05, 0.1) is 35.0 Å². The minimum atomic E-state index is -4.31. The molecule has 5 rings (SSSR count). The molecular weight excluding hydrogens is 658 g/mol. The van der Waals surface area contributed by atoms with Crippen LogP contribution < -0.4 is 15.0 Å². The van der Waals surface area contributed by atoms with E-state index in [1.165, 1.54) is 24.3 Å². The van der Waals surface area contributed by atoms with Crippen molar-refractivity contribution in [1.29, 1.82) is 0 Å². The number of Topliss-reactive ketones (excluding diaryl/α,β-unsaturated/α-hetero) is 1. The Kier molecular flexibility index (Phi) is 10.1. The molecule has 0 saturated heterocycles. The first-order chi connectivity index (χ1) is 23.0. The zero-order valence-corrected chi connectivity index (χ0v) is 28.8. The van der Waals surface area contributed by atoms with E-state index >= 15 is 0 Å². The summed E-state index contributed by atoms with van der Waals surface area (Å²) in [5.74, 6) is -3.56. The van der Waals surface area contributed by atoms with Crippen LogP contribution in [0.25, 0.3) is 0 Å². The zero-order chi connectivity index (χ0) is 35.9. The van der Waals surface area contributed by atoms with E-state index in [9.17, 15) is 38.2 Å². The Hall–Kier alpha value is -4.08. The van der Waals surface area contributed by atoms with E-state index in [1.54, 1.807) is 19.9 Å². The maximum Gasteiger partial charge on any atom is 0.415 e. The van der Waals surface area contributed by atoms with Gasteiger partial charge in [0.2, 0.25) is 5.91 Å². The minimum Gasteiger partial charge on any atom is -0.457 e. The number of benzene rings is 1. The molecule has 1 amide bonds. The molecule has 2 saturated carbocycles. The largest absolute Gasteiger partial charge is 0.457 e. The minimum absolute atomic E-state index is 0.00498. The topological polar surface area (TPSA) is 209 Å². The Balaban J connectivity index is 1.19. The number of rotatable bonds is 10. The summed E-state index contributed by atoms with van der Waals surface area (Å²) in [6.07, 6.45) is 0.172. The second kappa shape index (κ2) is 13.7. The fourth-order valence-electron chi connectivity index (χ4n) is 7.39. The van der Waals surface area contributed by atoms with Crippen molar-refractivity contribution in [3.05, 3.63) is 59.3 Å². The van der Waals surface area contributed by atoms with E-state index in [1.807, 2.05) is 6.08 Å². The summed E-state index contributed by atoms with van der Waals surface area (Å²) in [5, 5.41) is 40.2. The van der Waals surface area contributed by atoms with E-state index in [0.29, 0.717) is 17.6 Å². The first kappa shape index (κ1) is 36.2. The highest BCUT2D eigenvalue weighted by molar-refractivity contribution is 7.91. The third-order valence-corrected chi connectivity index (χ3v) is 12.0. The first-order valence-corrected chi connectivity index (χ1v) is 17.8. The number of nitrogens with zero attached hydrogens (tertiary/aromatic N) is 2. The number of hydrogen-bond donors (Lipinski definition) is 3. The second-order valence-electron chi connectivity index (χ2n) is 13.9. The summed E-state index contributed by atoms with van der Waals surface area (Å²) in [5.41, 5.74) is -1.11. The average Bonchev–Trinajstić information content (AvgIpc) is 3.26. The highest BCUT2D eigenvalue weighted by atomic mass is 32.2. The van der Waals surface area contributed by atoms with Crippen LogP contribution in [0.1, 0.15) is 59.8 Å². The lowest BCUT2D eigenvalue weighted by molar-refractivity contribution is -0.832. The normalized spacial score (nSPS) is 30.6. The van der Waals surface area contributed by atoms with Gasteiger partial charge in [-0.25, -0.2) is 8.42 Å². The highest BCUT2D eigenvalue weighted by Gasteiger charge is 2.61. The fraction of sp³-hybridized carbons (Fsp3) is 0.559. The van der Waals surface area contributed by atoms with E-state index in [-0.39, 0.29) is 59.5 Å². The molecule has 2 fully saturated rings. The molecule has 1 aromatic heterocycles. The molecule has 7 atom stereocenters. The summed E-state index contributed by atoms with van der Waals surface area (Å²) in [7, 11) is -4.31. The van der Waals surface area contributed by atoms with Crippen molar-refractivity contribution in [3.63, 3.8) is 0 Å². The summed E-state index contributed by atoms with van der Waals surface area (Å²) < 4.78 is 41.4. The van der Waals surface area contributed by atoms with Crippen LogP contribution in [0.5, 0.6) is 5.88 Å². The van der Waals surface area contributed by atoms with Gasteiger partial charge in [-0.05, 0) is 77.5 Å². The van der Waals surface area contributed by atoms with Crippen molar-refractivity contribution in [2.75, 3.05) is 13.2 Å². The standard InChI is InChI=1S/C34H43N3O11S/c1-19-11-12-23-24(33(23,4)5)17-20(2)30(41)34(42)18-21(3)28(40)27(34)29(19)47-26(39)14-13-25(38)35-15-16-46-31-32(37(43)48-36-31)49(44,45)22-9-7-6-8-10-22/h6-10,17,21,23-24,27-29,40,42H,1,11-16,18H2,2-5H3,(H,35,38)/b20-17+/t21-,23-,24+,27+,28-,29-,34+/m0/s1. The molecule has 1 aromatic carbocycles. The summed E-state index contributed by atoms with van der Waals surface area (Å²) in [6, 6.07) is 7.18. The lowest BCUT2D eigenvalue weighted by atomic mass is 9.77. The summed E-state index contributed by atoms with van der Waals surface area (Å²) in [4.78, 5) is 39.0. The van der Waals surface area contributed by atoms with Crippen LogP contribution in [-0.4, -0.2) is 72.4 Å². The maximum absolute atomic E-state index is 13.7. The molecular formula is C34H43N3O11S. The van der Waals surface area contributed by atoms with Gasteiger partial charge in [0, 0.05) is 6.42 Å².